The Labute approximate surface area is 207 Å². The van der Waals surface area contributed by atoms with Crippen LogP contribution < -0.4 is 14.8 Å². The molecule has 0 unspecified atom stereocenters. The van der Waals surface area contributed by atoms with Gasteiger partial charge >= 0.3 is 0 Å². The fraction of sp³-hybridized carbons (Fsp3) is 0.333. The Morgan fingerprint density at radius 1 is 0.971 bits per heavy atom. The number of fused-ring (bicyclic) bond motifs is 3. The van der Waals surface area contributed by atoms with Crippen LogP contribution in [-0.2, 0) is 17.6 Å². The predicted octanol–water partition coefficient (Wildman–Crippen LogP) is 6.21. The minimum atomic E-state index is -0.286. The van der Waals surface area contributed by atoms with Crippen LogP contribution in [0.4, 0.5) is 5.69 Å². The summed E-state index contributed by atoms with van der Waals surface area (Å²) in [5.41, 5.74) is 8.14. The smallest absolute Gasteiger partial charge is 0.221 e. The van der Waals surface area contributed by atoms with E-state index in [1.54, 1.807) is 7.11 Å². The molecule has 5 heteroatoms. The quantitative estimate of drug-likeness (QED) is 0.495. The summed E-state index contributed by atoms with van der Waals surface area (Å²) in [4.78, 5) is 16.7. The Kier molecular flexibility index (Phi) is 5.47. The summed E-state index contributed by atoms with van der Waals surface area (Å²) in [6.45, 7) is 10.1. The first-order valence-corrected chi connectivity index (χ1v) is 12.1. The number of aliphatic imine (C=N–C) groups is 1. The van der Waals surface area contributed by atoms with Gasteiger partial charge in [0, 0.05) is 35.7 Å². The van der Waals surface area contributed by atoms with Crippen LogP contribution in [0.15, 0.2) is 59.6 Å². The lowest BCUT2D eigenvalue weighted by Crippen LogP contribution is -2.30. The summed E-state index contributed by atoms with van der Waals surface area (Å²) in [5, 5.41) is 2.86. The number of methoxy groups -OCH3 is 1. The van der Waals surface area contributed by atoms with Crippen molar-refractivity contribution in [2.45, 2.75) is 58.6 Å². The lowest BCUT2D eigenvalue weighted by Gasteiger charge is -2.31. The van der Waals surface area contributed by atoms with Gasteiger partial charge in [0.25, 0.3) is 0 Å². The van der Waals surface area contributed by atoms with Gasteiger partial charge in [0.2, 0.25) is 5.91 Å². The number of hydrogen-bond acceptors (Lipinski definition) is 4. The summed E-state index contributed by atoms with van der Waals surface area (Å²) in [5.74, 6) is 1.57. The molecule has 0 aromatic heterocycles. The van der Waals surface area contributed by atoms with Crippen molar-refractivity contribution in [3.63, 3.8) is 0 Å². The second kappa shape index (κ2) is 8.26. The Morgan fingerprint density at radius 2 is 1.69 bits per heavy atom. The van der Waals surface area contributed by atoms with Gasteiger partial charge < -0.3 is 14.8 Å². The van der Waals surface area contributed by atoms with Gasteiger partial charge in [0.1, 0.15) is 5.60 Å². The summed E-state index contributed by atoms with van der Waals surface area (Å²) < 4.78 is 12.1. The fourth-order valence-electron chi connectivity index (χ4n) is 5.23. The highest BCUT2D eigenvalue weighted by atomic mass is 16.5. The maximum absolute atomic E-state index is 11.5. The number of nitrogens with zero attached hydrogens (tertiary/aromatic N) is 1. The van der Waals surface area contributed by atoms with Gasteiger partial charge in [-0.2, -0.15) is 0 Å². The Morgan fingerprint density at radius 3 is 2.37 bits per heavy atom. The topological polar surface area (TPSA) is 59.9 Å². The van der Waals surface area contributed by atoms with Gasteiger partial charge in [-0.05, 0) is 69.0 Å². The van der Waals surface area contributed by atoms with Crippen molar-refractivity contribution in [3.05, 3.63) is 76.9 Å². The average molecular weight is 469 g/mol. The van der Waals surface area contributed by atoms with Crippen LogP contribution in [0.2, 0.25) is 0 Å². The first-order valence-electron chi connectivity index (χ1n) is 12.1. The Hall–Kier alpha value is -3.60. The molecule has 3 aromatic carbocycles. The fourth-order valence-corrected chi connectivity index (χ4v) is 5.23. The molecule has 0 atom stereocenters. The Bertz CT molecular complexity index is 1350. The van der Waals surface area contributed by atoms with E-state index in [4.69, 9.17) is 14.5 Å². The normalized spacial score (nSPS) is 17.0. The molecule has 0 aliphatic carbocycles. The van der Waals surface area contributed by atoms with E-state index in [9.17, 15) is 4.79 Å². The van der Waals surface area contributed by atoms with E-state index in [1.807, 2.05) is 18.2 Å². The summed E-state index contributed by atoms with van der Waals surface area (Å²) in [7, 11) is 1.71. The minimum Gasteiger partial charge on any atom is -0.493 e. The molecule has 3 aromatic rings. The third kappa shape index (κ3) is 4.43. The maximum atomic E-state index is 11.5. The van der Waals surface area contributed by atoms with E-state index < -0.39 is 0 Å². The first kappa shape index (κ1) is 23.2. The molecule has 35 heavy (non-hydrogen) atoms. The molecular formula is C30H32N2O3. The molecule has 2 aliphatic rings. The van der Waals surface area contributed by atoms with E-state index in [2.05, 4.69) is 69.4 Å². The standard InChI is InChI=1S/C30H32N2O3/c1-18(33)31-23-9-7-8-21(14-23)19-10-12-20(13-11-19)27-26-22(16-29(2,3)32-27)15-25(34-6)28-24(26)17-30(4,5)35-28/h7-15H,16-17H2,1-6H3,(H,31,33). The highest BCUT2D eigenvalue weighted by molar-refractivity contribution is 6.16. The second-order valence-electron chi connectivity index (χ2n) is 10.7. The van der Waals surface area contributed by atoms with Gasteiger partial charge in [0.05, 0.1) is 18.4 Å². The highest BCUT2D eigenvalue weighted by Crippen LogP contribution is 2.47. The van der Waals surface area contributed by atoms with Gasteiger partial charge in [0.15, 0.2) is 11.5 Å². The number of nitrogens with one attached hydrogen (secondary N) is 1. The van der Waals surface area contributed by atoms with Crippen molar-refractivity contribution in [1.82, 2.24) is 0 Å². The molecule has 0 fully saturated rings. The molecule has 0 saturated carbocycles. The summed E-state index contributed by atoms with van der Waals surface area (Å²) in [6, 6.07) is 18.6. The first-order chi connectivity index (χ1) is 16.5. The van der Waals surface area contributed by atoms with E-state index in [0.717, 1.165) is 52.4 Å². The second-order valence-corrected chi connectivity index (χ2v) is 10.7. The highest BCUT2D eigenvalue weighted by Gasteiger charge is 2.39. The third-order valence-corrected chi connectivity index (χ3v) is 6.58. The number of carbonyl (C=O) groups is 1. The van der Waals surface area contributed by atoms with Crippen LogP contribution in [-0.4, -0.2) is 29.9 Å². The minimum absolute atomic E-state index is 0.0783. The van der Waals surface area contributed by atoms with Crippen LogP contribution in [0.1, 0.15) is 56.9 Å². The molecular weight excluding hydrogens is 436 g/mol. The van der Waals surface area contributed by atoms with Crippen molar-refractivity contribution in [3.8, 4) is 22.6 Å². The van der Waals surface area contributed by atoms with E-state index in [-0.39, 0.29) is 17.0 Å². The lowest BCUT2D eigenvalue weighted by molar-refractivity contribution is -0.114. The number of anilines is 1. The summed E-state index contributed by atoms with van der Waals surface area (Å²) >= 11 is 0. The average Bonchev–Trinajstić information content (AvgIpc) is 3.12. The van der Waals surface area contributed by atoms with Crippen molar-refractivity contribution >= 4 is 17.3 Å². The van der Waals surface area contributed by atoms with Crippen molar-refractivity contribution in [2.24, 2.45) is 4.99 Å². The van der Waals surface area contributed by atoms with E-state index >= 15 is 0 Å². The van der Waals surface area contributed by atoms with Crippen LogP contribution in [0.25, 0.3) is 11.1 Å². The molecule has 2 heterocycles. The lowest BCUT2D eigenvalue weighted by atomic mass is 9.81. The maximum Gasteiger partial charge on any atom is 0.221 e. The van der Waals surface area contributed by atoms with E-state index in [1.165, 1.54) is 23.6 Å². The van der Waals surface area contributed by atoms with Gasteiger partial charge in [-0.1, -0.05) is 36.4 Å². The zero-order valence-electron chi connectivity index (χ0n) is 21.3. The summed E-state index contributed by atoms with van der Waals surface area (Å²) in [6.07, 6.45) is 1.67. The molecule has 0 radical (unpaired) electrons. The van der Waals surface area contributed by atoms with Crippen molar-refractivity contribution in [1.29, 1.82) is 0 Å². The molecule has 5 rings (SSSR count). The molecule has 180 valence electrons. The van der Waals surface area contributed by atoms with Gasteiger partial charge in [-0.15, -0.1) is 0 Å². The van der Waals surface area contributed by atoms with Crippen LogP contribution in [0.3, 0.4) is 0 Å². The van der Waals surface area contributed by atoms with Crippen LogP contribution >= 0.6 is 0 Å². The van der Waals surface area contributed by atoms with Crippen LogP contribution in [0, 0.1) is 0 Å². The molecule has 2 aliphatic heterocycles. The third-order valence-electron chi connectivity index (χ3n) is 6.58. The number of ether oxygens (including phenoxy) is 2. The predicted molar refractivity (Wildman–Crippen MR) is 141 cm³/mol. The zero-order chi connectivity index (χ0) is 25.0. The van der Waals surface area contributed by atoms with Crippen molar-refractivity contribution < 1.29 is 14.3 Å². The SMILES string of the molecule is COc1cc2c(c3c1OC(C)(C)C3)C(c1ccc(-c3cccc(NC(C)=O)c3)cc1)=NC(C)(C)C2. The van der Waals surface area contributed by atoms with Crippen LogP contribution in [0.5, 0.6) is 11.5 Å². The Balaban J connectivity index is 1.58. The molecule has 5 nitrogen and oxygen atoms in total. The zero-order valence-corrected chi connectivity index (χ0v) is 21.3. The largest absolute Gasteiger partial charge is 0.493 e. The van der Waals surface area contributed by atoms with Gasteiger partial charge in [-0.3, -0.25) is 9.79 Å². The number of rotatable bonds is 4. The number of hydrogen-bond donors (Lipinski definition) is 1. The molecule has 1 N–H and O–H groups in total. The molecule has 0 spiro atoms. The molecule has 0 bridgehead atoms. The molecule has 0 saturated heterocycles. The van der Waals surface area contributed by atoms with Crippen molar-refractivity contribution in [2.75, 3.05) is 12.4 Å². The number of carbonyl (C=O) groups excluding carboxylic acids is 1. The molecule has 1 amide bonds. The monoisotopic (exact) mass is 468 g/mol. The van der Waals surface area contributed by atoms with E-state index in [0.29, 0.717) is 0 Å². The number of benzene rings is 3. The van der Waals surface area contributed by atoms with Gasteiger partial charge in [-0.25, -0.2) is 0 Å². The number of amides is 1.